The van der Waals surface area contributed by atoms with Gasteiger partial charge in [0, 0.05) is 0 Å². The van der Waals surface area contributed by atoms with E-state index in [2.05, 4.69) is 40.3 Å². The van der Waals surface area contributed by atoms with Gasteiger partial charge in [-0.3, -0.25) is 0 Å². The van der Waals surface area contributed by atoms with Crippen LogP contribution in [0.4, 0.5) is 0 Å². The van der Waals surface area contributed by atoms with Crippen LogP contribution < -0.4 is 0 Å². The zero-order chi connectivity index (χ0) is 12.6. The third-order valence-corrected chi connectivity index (χ3v) is 2.98. The largest absolute Gasteiger partial charge is 0.392 e. The van der Waals surface area contributed by atoms with Gasteiger partial charge < -0.3 is 5.11 Å². The molecule has 0 unspecified atom stereocenters. The molecule has 1 nitrogen and oxygen atoms in total. The fourth-order valence-corrected chi connectivity index (χ4v) is 1.77. The van der Waals surface area contributed by atoms with Crippen molar-refractivity contribution in [2.75, 3.05) is 6.61 Å². The van der Waals surface area contributed by atoms with Gasteiger partial charge in [-0.2, -0.15) is 0 Å². The van der Waals surface area contributed by atoms with Gasteiger partial charge in [0.15, 0.2) is 0 Å². The lowest BCUT2D eigenvalue weighted by Crippen LogP contribution is -2.10. The standard InChI is InChI=1S/C15H28O/c1-13(2)8-6-10-15(4,5)11-7-9-14(3)12-16/h8,16H,3,6-7,9-12H2,1-2,4-5H3. The van der Waals surface area contributed by atoms with E-state index >= 15 is 0 Å². The molecule has 0 aromatic heterocycles. The molecule has 0 heterocycles. The molecule has 0 aliphatic heterocycles. The molecular weight excluding hydrogens is 196 g/mol. The van der Waals surface area contributed by atoms with Crippen LogP contribution in [0.15, 0.2) is 23.8 Å². The molecule has 0 spiro atoms. The molecular formula is C15H28O. The van der Waals surface area contributed by atoms with E-state index in [1.165, 1.54) is 24.8 Å². The summed E-state index contributed by atoms with van der Waals surface area (Å²) in [5.41, 5.74) is 2.77. The minimum Gasteiger partial charge on any atom is -0.392 e. The number of aliphatic hydroxyl groups excluding tert-OH is 1. The van der Waals surface area contributed by atoms with Crippen molar-refractivity contribution >= 4 is 0 Å². The Bertz CT molecular complexity index is 232. The van der Waals surface area contributed by atoms with Crippen LogP contribution in [-0.2, 0) is 0 Å². The highest BCUT2D eigenvalue weighted by Crippen LogP contribution is 2.29. The first kappa shape index (κ1) is 15.4. The Morgan fingerprint density at radius 2 is 1.88 bits per heavy atom. The SMILES string of the molecule is C=C(CO)CCCC(C)(C)CCC=C(C)C. The molecule has 0 bridgehead atoms. The third-order valence-electron chi connectivity index (χ3n) is 2.98. The lowest BCUT2D eigenvalue weighted by molar-refractivity contribution is 0.293. The number of rotatable bonds is 8. The topological polar surface area (TPSA) is 20.2 Å². The van der Waals surface area contributed by atoms with Gasteiger partial charge in [-0.15, -0.1) is 0 Å². The molecule has 0 saturated heterocycles. The summed E-state index contributed by atoms with van der Waals surface area (Å²) in [6.07, 6.45) is 8.04. The van der Waals surface area contributed by atoms with Crippen LogP contribution >= 0.6 is 0 Å². The summed E-state index contributed by atoms with van der Waals surface area (Å²) < 4.78 is 0. The average molecular weight is 224 g/mol. The highest BCUT2D eigenvalue weighted by Gasteiger charge is 2.16. The molecule has 0 atom stereocenters. The van der Waals surface area contributed by atoms with Gasteiger partial charge in [-0.25, -0.2) is 0 Å². The van der Waals surface area contributed by atoms with Gasteiger partial charge in [0.2, 0.25) is 0 Å². The van der Waals surface area contributed by atoms with E-state index in [0.717, 1.165) is 18.4 Å². The lowest BCUT2D eigenvalue weighted by Gasteiger charge is -2.24. The molecule has 0 amide bonds. The smallest absolute Gasteiger partial charge is 0.0639 e. The molecule has 0 aliphatic rings. The first-order valence-corrected chi connectivity index (χ1v) is 6.28. The maximum Gasteiger partial charge on any atom is 0.0639 e. The van der Waals surface area contributed by atoms with Gasteiger partial charge >= 0.3 is 0 Å². The predicted molar refractivity (Wildman–Crippen MR) is 72.5 cm³/mol. The van der Waals surface area contributed by atoms with Crippen LogP contribution in [0.5, 0.6) is 0 Å². The second kappa shape index (κ2) is 7.67. The summed E-state index contributed by atoms with van der Waals surface area (Å²) in [7, 11) is 0. The normalized spacial score (nSPS) is 11.3. The van der Waals surface area contributed by atoms with Crippen LogP contribution in [0.3, 0.4) is 0 Å². The first-order chi connectivity index (χ1) is 7.37. The third kappa shape index (κ3) is 8.72. The monoisotopic (exact) mass is 224 g/mol. The van der Waals surface area contributed by atoms with Crippen molar-refractivity contribution in [2.24, 2.45) is 5.41 Å². The number of aliphatic hydroxyl groups is 1. The van der Waals surface area contributed by atoms with Crippen molar-refractivity contribution in [3.8, 4) is 0 Å². The Morgan fingerprint density at radius 1 is 1.25 bits per heavy atom. The maximum atomic E-state index is 8.86. The molecule has 0 aromatic rings. The van der Waals surface area contributed by atoms with Crippen LogP contribution in [0, 0.1) is 5.41 Å². The zero-order valence-electron chi connectivity index (χ0n) is 11.5. The zero-order valence-corrected chi connectivity index (χ0v) is 11.5. The van der Waals surface area contributed by atoms with Crippen LogP contribution in [0.1, 0.15) is 59.8 Å². The fraction of sp³-hybridized carbons (Fsp3) is 0.733. The summed E-state index contributed by atoms with van der Waals surface area (Å²) in [4.78, 5) is 0. The first-order valence-electron chi connectivity index (χ1n) is 6.28. The quantitative estimate of drug-likeness (QED) is 0.603. The van der Waals surface area contributed by atoms with Crippen molar-refractivity contribution in [1.82, 2.24) is 0 Å². The lowest BCUT2D eigenvalue weighted by atomic mass is 9.82. The molecule has 0 saturated carbocycles. The number of hydrogen-bond acceptors (Lipinski definition) is 1. The van der Waals surface area contributed by atoms with E-state index < -0.39 is 0 Å². The number of hydrogen-bond donors (Lipinski definition) is 1. The highest BCUT2D eigenvalue weighted by atomic mass is 16.3. The Morgan fingerprint density at radius 3 is 2.38 bits per heavy atom. The molecule has 1 heteroatoms. The Hall–Kier alpha value is -0.560. The van der Waals surface area contributed by atoms with E-state index in [4.69, 9.17) is 5.11 Å². The Balaban J connectivity index is 3.78. The Labute approximate surface area is 101 Å². The van der Waals surface area contributed by atoms with E-state index in [-0.39, 0.29) is 6.61 Å². The van der Waals surface area contributed by atoms with E-state index in [9.17, 15) is 0 Å². The van der Waals surface area contributed by atoms with E-state index in [0.29, 0.717) is 5.41 Å². The molecule has 0 aliphatic carbocycles. The molecule has 1 N–H and O–H groups in total. The van der Waals surface area contributed by atoms with Crippen molar-refractivity contribution in [1.29, 1.82) is 0 Å². The second-order valence-electron chi connectivity index (χ2n) is 5.75. The van der Waals surface area contributed by atoms with Crippen LogP contribution in [-0.4, -0.2) is 11.7 Å². The summed E-state index contributed by atoms with van der Waals surface area (Å²) in [6, 6.07) is 0. The van der Waals surface area contributed by atoms with Crippen molar-refractivity contribution in [3.05, 3.63) is 23.8 Å². The number of allylic oxidation sites excluding steroid dienone is 2. The summed E-state index contributed by atoms with van der Waals surface area (Å²) in [5.74, 6) is 0. The fourth-order valence-electron chi connectivity index (χ4n) is 1.77. The molecule has 0 rings (SSSR count). The molecule has 0 radical (unpaired) electrons. The van der Waals surface area contributed by atoms with E-state index in [1.54, 1.807) is 0 Å². The highest BCUT2D eigenvalue weighted by molar-refractivity contribution is 4.95. The van der Waals surface area contributed by atoms with Crippen molar-refractivity contribution < 1.29 is 5.11 Å². The summed E-state index contributed by atoms with van der Waals surface area (Å²) >= 11 is 0. The van der Waals surface area contributed by atoms with Crippen molar-refractivity contribution in [2.45, 2.75) is 59.8 Å². The predicted octanol–water partition coefficient (Wildman–Crippen LogP) is 4.48. The molecule has 0 fully saturated rings. The molecule has 0 aromatic carbocycles. The van der Waals surface area contributed by atoms with Crippen LogP contribution in [0.25, 0.3) is 0 Å². The molecule has 16 heavy (non-hydrogen) atoms. The van der Waals surface area contributed by atoms with Gasteiger partial charge in [-0.05, 0) is 51.4 Å². The Kier molecular flexibility index (Phi) is 7.40. The second-order valence-corrected chi connectivity index (χ2v) is 5.75. The van der Waals surface area contributed by atoms with E-state index in [1.807, 2.05) is 0 Å². The summed E-state index contributed by atoms with van der Waals surface area (Å²) in [6.45, 7) is 12.9. The average Bonchev–Trinajstić information content (AvgIpc) is 2.16. The van der Waals surface area contributed by atoms with Gasteiger partial charge in [0.25, 0.3) is 0 Å². The minimum absolute atomic E-state index is 0.137. The van der Waals surface area contributed by atoms with Crippen molar-refractivity contribution in [3.63, 3.8) is 0 Å². The van der Waals surface area contributed by atoms with Gasteiger partial charge in [0.05, 0.1) is 6.61 Å². The van der Waals surface area contributed by atoms with Gasteiger partial charge in [0.1, 0.15) is 0 Å². The molecule has 94 valence electrons. The minimum atomic E-state index is 0.137. The summed E-state index contributed by atoms with van der Waals surface area (Å²) in [5, 5.41) is 8.86. The van der Waals surface area contributed by atoms with Gasteiger partial charge in [-0.1, -0.05) is 37.6 Å². The van der Waals surface area contributed by atoms with Crippen LogP contribution in [0.2, 0.25) is 0 Å². The maximum absolute atomic E-state index is 8.86.